The van der Waals surface area contributed by atoms with Crippen molar-refractivity contribution in [2.45, 2.75) is 32.1 Å². The van der Waals surface area contributed by atoms with Crippen molar-refractivity contribution in [2.24, 2.45) is 5.92 Å². The van der Waals surface area contributed by atoms with Crippen LogP contribution in [0.15, 0.2) is 24.3 Å². The highest BCUT2D eigenvalue weighted by molar-refractivity contribution is 5.26. The third-order valence-corrected chi connectivity index (χ3v) is 3.40. The number of benzene rings is 1. The minimum Gasteiger partial charge on any atom is -0.320 e. The molecule has 0 aliphatic heterocycles. The lowest BCUT2D eigenvalue weighted by atomic mass is 9.90. The summed E-state index contributed by atoms with van der Waals surface area (Å²) in [6.45, 7) is 3.29. The van der Waals surface area contributed by atoms with Crippen molar-refractivity contribution in [3.8, 4) is 0 Å². The smallest absolute Gasteiger partial charge is 0.00460 e. The van der Waals surface area contributed by atoms with Crippen molar-refractivity contribution in [3.63, 3.8) is 0 Å². The van der Waals surface area contributed by atoms with Crippen molar-refractivity contribution in [3.05, 3.63) is 35.4 Å². The molecular formula is C14H21N. The SMILES string of the molecule is CNCCC(c1ccc(C)cc1)C1CC1. The summed E-state index contributed by atoms with van der Waals surface area (Å²) in [6, 6.07) is 9.11. The first-order valence-corrected chi connectivity index (χ1v) is 6.02. The monoisotopic (exact) mass is 203 g/mol. The number of hydrogen-bond donors (Lipinski definition) is 1. The van der Waals surface area contributed by atoms with Gasteiger partial charge in [-0.25, -0.2) is 0 Å². The van der Waals surface area contributed by atoms with Gasteiger partial charge in [0.15, 0.2) is 0 Å². The molecule has 1 N–H and O–H groups in total. The van der Waals surface area contributed by atoms with Gasteiger partial charge in [0.05, 0.1) is 0 Å². The van der Waals surface area contributed by atoms with E-state index in [9.17, 15) is 0 Å². The molecular weight excluding hydrogens is 182 g/mol. The van der Waals surface area contributed by atoms with Gasteiger partial charge in [0.1, 0.15) is 0 Å². The van der Waals surface area contributed by atoms with E-state index in [-0.39, 0.29) is 0 Å². The molecule has 0 saturated heterocycles. The zero-order chi connectivity index (χ0) is 10.7. The molecule has 82 valence electrons. The molecule has 0 aromatic heterocycles. The van der Waals surface area contributed by atoms with E-state index in [0.29, 0.717) is 0 Å². The summed E-state index contributed by atoms with van der Waals surface area (Å²) in [7, 11) is 2.04. The van der Waals surface area contributed by atoms with E-state index in [0.717, 1.165) is 18.4 Å². The normalized spacial score (nSPS) is 17.7. The molecule has 0 spiro atoms. The van der Waals surface area contributed by atoms with Gasteiger partial charge in [0.25, 0.3) is 0 Å². The van der Waals surface area contributed by atoms with Gasteiger partial charge >= 0.3 is 0 Å². The summed E-state index contributed by atoms with van der Waals surface area (Å²) < 4.78 is 0. The molecule has 1 fully saturated rings. The molecule has 1 aliphatic rings. The molecule has 1 nitrogen and oxygen atoms in total. The molecule has 1 aromatic carbocycles. The van der Waals surface area contributed by atoms with Crippen LogP contribution in [0.1, 0.15) is 36.3 Å². The second-order valence-corrected chi connectivity index (χ2v) is 4.75. The Morgan fingerprint density at radius 3 is 2.47 bits per heavy atom. The Morgan fingerprint density at radius 1 is 1.27 bits per heavy atom. The standard InChI is InChI=1S/C14H21N/c1-11-3-5-12(6-4-11)14(9-10-15-2)13-7-8-13/h3-6,13-15H,7-10H2,1-2H3. The molecule has 1 unspecified atom stereocenters. The zero-order valence-electron chi connectivity index (χ0n) is 9.79. The molecule has 0 heterocycles. The minimum atomic E-state index is 0.790. The van der Waals surface area contributed by atoms with Crippen molar-refractivity contribution in [1.29, 1.82) is 0 Å². The van der Waals surface area contributed by atoms with Crippen molar-refractivity contribution in [2.75, 3.05) is 13.6 Å². The minimum absolute atomic E-state index is 0.790. The fourth-order valence-electron chi connectivity index (χ4n) is 2.29. The average Bonchev–Trinajstić information content (AvgIpc) is 3.05. The summed E-state index contributed by atoms with van der Waals surface area (Å²) in [5.74, 6) is 1.75. The highest BCUT2D eigenvalue weighted by Gasteiger charge is 2.31. The van der Waals surface area contributed by atoms with Crippen molar-refractivity contribution < 1.29 is 0 Å². The number of aryl methyl sites for hydroxylation is 1. The van der Waals surface area contributed by atoms with E-state index in [4.69, 9.17) is 0 Å². The van der Waals surface area contributed by atoms with Gasteiger partial charge in [-0.3, -0.25) is 0 Å². The van der Waals surface area contributed by atoms with Gasteiger partial charge < -0.3 is 5.32 Å². The topological polar surface area (TPSA) is 12.0 Å². The quantitative estimate of drug-likeness (QED) is 0.775. The van der Waals surface area contributed by atoms with E-state index in [1.165, 1.54) is 24.8 Å². The van der Waals surface area contributed by atoms with Crippen LogP contribution in [0, 0.1) is 12.8 Å². The average molecular weight is 203 g/mol. The van der Waals surface area contributed by atoms with E-state index in [2.05, 4.69) is 36.5 Å². The first kappa shape index (κ1) is 10.7. The van der Waals surface area contributed by atoms with Gasteiger partial charge in [-0.05, 0) is 57.2 Å². The summed E-state index contributed by atoms with van der Waals surface area (Å²) >= 11 is 0. The molecule has 2 rings (SSSR count). The molecule has 1 atom stereocenters. The molecule has 1 aromatic rings. The summed E-state index contributed by atoms with van der Waals surface area (Å²) in [6.07, 6.45) is 4.15. The lowest BCUT2D eigenvalue weighted by molar-refractivity contribution is 0.541. The molecule has 15 heavy (non-hydrogen) atoms. The predicted octanol–water partition coefficient (Wildman–Crippen LogP) is 3.10. The molecule has 1 heteroatoms. The van der Waals surface area contributed by atoms with Crippen LogP contribution in [0.5, 0.6) is 0 Å². The highest BCUT2D eigenvalue weighted by atomic mass is 14.8. The summed E-state index contributed by atoms with van der Waals surface area (Å²) in [5, 5.41) is 3.26. The van der Waals surface area contributed by atoms with Crippen LogP contribution in [-0.4, -0.2) is 13.6 Å². The van der Waals surface area contributed by atoms with Crippen LogP contribution >= 0.6 is 0 Å². The fourth-order valence-corrected chi connectivity index (χ4v) is 2.29. The van der Waals surface area contributed by atoms with E-state index in [1.807, 2.05) is 7.05 Å². The number of nitrogens with one attached hydrogen (secondary N) is 1. The number of hydrogen-bond acceptors (Lipinski definition) is 1. The van der Waals surface area contributed by atoms with E-state index >= 15 is 0 Å². The molecule has 0 amide bonds. The third kappa shape index (κ3) is 2.82. The second kappa shape index (κ2) is 4.80. The Kier molecular flexibility index (Phi) is 3.42. The Balaban J connectivity index is 2.06. The number of rotatable bonds is 5. The third-order valence-electron chi connectivity index (χ3n) is 3.40. The fraction of sp³-hybridized carbons (Fsp3) is 0.571. The largest absolute Gasteiger partial charge is 0.320 e. The maximum absolute atomic E-state index is 3.26. The van der Waals surface area contributed by atoms with Gasteiger partial charge in [-0.2, -0.15) is 0 Å². The highest BCUT2D eigenvalue weighted by Crippen LogP contribution is 2.44. The zero-order valence-corrected chi connectivity index (χ0v) is 9.79. The van der Waals surface area contributed by atoms with Crippen molar-refractivity contribution in [1.82, 2.24) is 5.32 Å². The van der Waals surface area contributed by atoms with Gasteiger partial charge in [-0.1, -0.05) is 29.8 Å². The van der Waals surface area contributed by atoms with Crippen molar-refractivity contribution >= 4 is 0 Å². The molecule has 0 bridgehead atoms. The van der Waals surface area contributed by atoms with E-state index < -0.39 is 0 Å². The maximum Gasteiger partial charge on any atom is -0.00460 e. The first-order valence-electron chi connectivity index (χ1n) is 6.02. The van der Waals surface area contributed by atoms with Gasteiger partial charge in [0.2, 0.25) is 0 Å². The summed E-state index contributed by atoms with van der Waals surface area (Å²) in [4.78, 5) is 0. The van der Waals surface area contributed by atoms with Crippen LogP contribution in [0.2, 0.25) is 0 Å². The van der Waals surface area contributed by atoms with Crippen LogP contribution in [0.3, 0.4) is 0 Å². The molecule has 1 saturated carbocycles. The van der Waals surface area contributed by atoms with Crippen LogP contribution < -0.4 is 5.32 Å². The lowest BCUT2D eigenvalue weighted by Crippen LogP contribution is -2.13. The van der Waals surface area contributed by atoms with E-state index in [1.54, 1.807) is 5.56 Å². The molecule has 0 radical (unpaired) electrons. The Morgan fingerprint density at radius 2 is 1.93 bits per heavy atom. The Labute approximate surface area is 92.9 Å². The predicted molar refractivity (Wildman–Crippen MR) is 65.2 cm³/mol. The molecule has 1 aliphatic carbocycles. The Bertz CT molecular complexity index is 298. The maximum atomic E-state index is 3.26. The van der Waals surface area contributed by atoms with Crippen LogP contribution in [-0.2, 0) is 0 Å². The first-order chi connectivity index (χ1) is 7.31. The van der Waals surface area contributed by atoms with Crippen LogP contribution in [0.25, 0.3) is 0 Å². The van der Waals surface area contributed by atoms with Gasteiger partial charge in [-0.15, -0.1) is 0 Å². The lowest BCUT2D eigenvalue weighted by Gasteiger charge is -2.16. The van der Waals surface area contributed by atoms with Crippen LogP contribution in [0.4, 0.5) is 0 Å². The van der Waals surface area contributed by atoms with Gasteiger partial charge in [0, 0.05) is 0 Å². The second-order valence-electron chi connectivity index (χ2n) is 4.75. The summed E-state index contributed by atoms with van der Waals surface area (Å²) in [5.41, 5.74) is 2.90. The Hall–Kier alpha value is -0.820.